The van der Waals surface area contributed by atoms with Crippen LogP contribution in [0.4, 0.5) is 0 Å². The molecule has 0 bridgehead atoms. The lowest BCUT2D eigenvalue weighted by Crippen LogP contribution is -2.55. The van der Waals surface area contributed by atoms with Gasteiger partial charge < -0.3 is 10.1 Å². The molecule has 0 aromatic rings. The van der Waals surface area contributed by atoms with E-state index in [2.05, 4.69) is 33.0 Å². The van der Waals surface area contributed by atoms with Gasteiger partial charge in [-0.25, -0.2) is 0 Å². The molecule has 4 heteroatoms. The molecular weight excluding hydrogens is 466 g/mol. The lowest BCUT2D eigenvalue weighted by Gasteiger charge is -2.62. The van der Waals surface area contributed by atoms with Crippen molar-refractivity contribution in [1.82, 2.24) is 5.32 Å². The molecule has 0 aliphatic heterocycles. The Hall–Kier alpha value is -0.280. The van der Waals surface area contributed by atoms with Crippen LogP contribution in [-0.4, -0.2) is 32.0 Å². The highest BCUT2D eigenvalue weighted by molar-refractivity contribution is 6.18. The number of fused-ring (bicyclic) bond motifs is 5. The first-order valence-corrected chi connectivity index (χ1v) is 16.2. The standard InChI is InChI=1S/C32H56ClNO2/c1-5-24-21-26-28-12-11-25(9-8-19-36-20-17-30(2,22-33)16-18-34-23-35)31(28,3)15-13-29(26)32(4)14-7-6-10-27(24)32/h23-29H,5-22H2,1-4H3,(H,34,35)/t24-,25?,26?,27?,28?,29-,30?,31?,32?/m0/s1. The Bertz CT molecular complexity index is 716. The van der Waals surface area contributed by atoms with E-state index in [1.165, 1.54) is 70.6 Å². The smallest absolute Gasteiger partial charge is 0.207 e. The van der Waals surface area contributed by atoms with Crippen LogP contribution < -0.4 is 5.32 Å². The Labute approximate surface area is 227 Å². The van der Waals surface area contributed by atoms with Crippen molar-refractivity contribution in [2.24, 2.45) is 51.8 Å². The average molecular weight is 522 g/mol. The Balaban J connectivity index is 1.26. The van der Waals surface area contributed by atoms with Crippen molar-refractivity contribution in [2.75, 3.05) is 25.6 Å². The summed E-state index contributed by atoms with van der Waals surface area (Å²) in [6.07, 6.45) is 20.0. The van der Waals surface area contributed by atoms with Crippen molar-refractivity contribution in [2.45, 2.75) is 118 Å². The second-order valence-electron chi connectivity index (χ2n) is 14.2. The van der Waals surface area contributed by atoms with Gasteiger partial charge in [-0.1, -0.05) is 47.0 Å². The van der Waals surface area contributed by atoms with Crippen molar-refractivity contribution in [3.05, 3.63) is 0 Å². The van der Waals surface area contributed by atoms with Crippen LogP contribution in [0.1, 0.15) is 118 Å². The van der Waals surface area contributed by atoms with Crippen molar-refractivity contribution >= 4 is 18.0 Å². The zero-order valence-electron chi connectivity index (χ0n) is 24.0. The van der Waals surface area contributed by atoms with Gasteiger partial charge in [-0.05, 0) is 122 Å². The molecule has 0 aromatic carbocycles. The molecule has 0 aromatic heterocycles. The van der Waals surface area contributed by atoms with E-state index in [1.807, 2.05) is 0 Å². The number of ether oxygens (including phenoxy) is 1. The molecule has 4 rings (SSSR count). The third kappa shape index (κ3) is 5.68. The number of carbonyl (C=O) groups excluding carboxylic acids is 1. The molecular formula is C32H56ClNO2. The monoisotopic (exact) mass is 521 g/mol. The van der Waals surface area contributed by atoms with E-state index in [9.17, 15) is 4.79 Å². The maximum absolute atomic E-state index is 10.5. The molecule has 4 aliphatic rings. The number of rotatable bonds is 13. The van der Waals surface area contributed by atoms with Crippen LogP contribution in [0.2, 0.25) is 0 Å². The fourth-order valence-electron chi connectivity index (χ4n) is 10.1. The summed E-state index contributed by atoms with van der Waals surface area (Å²) >= 11 is 6.24. The van der Waals surface area contributed by atoms with Gasteiger partial charge in [0.2, 0.25) is 6.41 Å². The van der Waals surface area contributed by atoms with Gasteiger partial charge in [0.15, 0.2) is 0 Å². The first-order chi connectivity index (χ1) is 17.3. The fraction of sp³-hybridized carbons (Fsp3) is 0.969. The van der Waals surface area contributed by atoms with E-state index in [0.717, 1.165) is 68.0 Å². The first-order valence-electron chi connectivity index (χ1n) is 15.6. The topological polar surface area (TPSA) is 38.3 Å². The van der Waals surface area contributed by atoms with Crippen LogP contribution in [0.3, 0.4) is 0 Å². The van der Waals surface area contributed by atoms with Crippen LogP contribution in [0.5, 0.6) is 0 Å². The summed E-state index contributed by atoms with van der Waals surface area (Å²) in [7, 11) is 0. The fourth-order valence-corrected chi connectivity index (χ4v) is 10.4. The molecule has 36 heavy (non-hydrogen) atoms. The second kappa shape index (κ2) is 12.3. The molecule has 4 aliphatic carbocycles. The predicted octanol–water partition coefficient (Wildman–Crippen LogP) is 8.24. The minimum Gasteiger partial charge on any atom is -0.381 e. The van der Waals surface area contributed by atoms with Crippen molar-refractivity contribution in [3.63, 3.8) is 0 Å². The Morgan fingerprint density at radius 2 is 1.81 bits per heavy atom. The Morgan fingerprint density at radius 1 is 1.00 bits per heavy atom. The summed E-state index contributed by atoms with van der Waals surface area (Å²) in [6, 6.07) is 0. The number of alkyl halides is 1. The average Bonchev–Trinajstić information content (AvgIpc) is 3.21. The molecule has 0 spiro atoms. The van der Waals surface area contributed by atoms with Crippen molar-refractivity contribution in [3.8, 4) is 0 Å². The number of hydrogen-bond donors (Lipinski definition) is 1. The molecule has 4 saturated carbocycles. The van der Waals surface area contributed by atoms with Crippen LogP contribution in [0.25, 0.3) is 0 Å². The lowest BCUT2D eigenvalue weighted by molar-refractivity contribution is -0.136. The lowest BCUT2D eigenvalue weighted by atomic mass is 9.42. The molecule has 208 valence electrons. The zero-order valence-corrected chi connectivity index (χ0v) is 24.7. The summed E-state index contributed by atoms with van der Waals surface area (Å²) in [6.45, 7) is 12.5. The molecule has 1 N–H and O–H groups in total. The number of nitrogens with one attached hydrogen (secondary N) is 1. The maximum atomic E-state index is 10.5. The normalized spacial score (nSPS) is 41.6. The summed E-state index contributed by atoms with van der Waals surface area (Å²) in [5.74, 6) is 6.48. The molecule has 1 amide bonds. The van der Waals surface area contributed by atoms with E-state index < -0.39 is 0 Å². The van der Waals surface area contributed by atoms with Crippen LogP contribution in [-0.2, 0) is 9.53 Å². The quantitative estimate of drug-likeness (QED) is 0.150. The van der Waals surface area contributed by atoms with E-state index >= 15 is 0 Å². The van der Waals surface area contributed by atoms with Crippen LogP contribution in [0.15, 0.2) is 0 Å². The number of hydrogen-bond acceptors (Lipinski definition) is 2. The molecule has 0 saturated heterocycles. The van der Waals surface area contributed by atoms with E-state index in [0.29, 0.717) is 23.3 Å². The number of halogens is 1. The first kappa shape index (κ1) is 28.7. The van der Waals surface area contributed by atoms with Gasteiger partial charge in [0.1, 0.15) is 0 Å². The molecule has 7 unspecified atom stereocenters. The van der Waals surface area contributed by atoms with Crippen LogP contribution in [0, 0.1) is 51.8 Å². The second-order valence-corrected chi connectivity index (χ2v) is 14.5. The van der Waals surface area contributed by atoms with Crippen LogP contribution >= 0.6 is 11.6 Å². The predicted molar refractivity (Wildman–Crippen MR) is 151 cm³/mol. The SMILES string of the molecule is CC[C@H]1CC2C3CCC(CCCOCCC(C)(CCl)CCNC=O)C3(C)CC[C@@H]2C2(C)CCCCC12. The Morgan fingerprint density at radius 3 is 2.56 bits per heavy atom. The van der Waals surface area contributed by atoms with E-state index in [4.69, 9.17) is 16.3 Å². The highest BCUT2D eigenvalue weighted by Gasteiger charge is 2.60. The van der Waals surface area contributed by atoms with E-state index in [1.54, 1.807) is 6.42 Å². The van der Waals surface area contributed by atoms with Gasteiger partial charge in [-0.2, -0.15) is 0 Å². The zero-order chi connectivity index (χ0) is 25.8. The van der Waals surface area contributed by atoms with Gasteiger partial charge in [0, 0.05) is 25.6 Å². The highest BCUT2D eigenvalue weighted by atomic mass is 35.5. The van der Waals surface area contributed by atoms with Gasteiger partial charge in [-0.3, -0.25) is 4.79 Å². The summed E-state index contributed by atoms with van der Waals surface area (Å²) in [5.41, 5.74) is 1.24. The van der Waals surface area contributed by atoms with E-state index in [-0.39, 0.29) is 5.41 Å². The molecule has 0 heterocycles. The largest absolute Gasteiger partial charge is 0.381 e. The van der Waals surface area contributed by atoms with Crippen molar-refractivity contribution in [1.29, 1.82) is 0 Å². The van der Waals surface area contributed by atoms with Gasteiger partial charge >= 0.3 is 0 Å². The third-order valence-corrected chi connectivity index (χ3v) is 13.1. The summed E-state index contributed by atoms with van der Waals surface area (Å²) in [5, 5.41) is 2.77. The molecule has 3 nitrogen and oxygen atoms in total. The molecule has 9 atom stereocenters. The molecule has 0 radical (unpaired) electrons. The van der Waals surface area contributed by atoms with Gasteiger partial charge in [-0.15, -0.1) is 11.6 Å². The Kier molecular flexibility index (Phi) is 9.79. The van der Waals surface area contributed by atoms with Crippen molar-refractivity contribution < 1.29 is 9.53 Å². The summed E-state index contributed by atoms with van der Waals surface area (Å²) < 4.78 is 6.10. The highest BCUT2D eigenvalue weighted by Crippen LogP contribution is 2.69. The maximum Gasteiger partial charge on any atom is 0.207 e. The van der Waals surface area contributed by atoms with Gasteiger partial charge in [0.05, 0.1) is 0 Å². The minimum absolute atomic E-state index is 0.0344. The third-order valence-electron chi connectivity index (χ3n) is 12.4. The number of amides is 1. The summed E-state index contributed by atoms with van der Waals surface area (Å²) in [4.78, 5) is 10.5. The number of carbonyl (C=O) groups is 1. The molecule has 4 fully saturated rings. The minimum atomic E-state index is 0.0344. The van der Waals surface area contributed by atoms with Gasteiger partial charge in [0.25, 0.3) is 0 Å².